The molecule has 0 fully saturated rings. The number of hydrogen-bond acceptors (Lipinski definition) is 3. The normalized spacial score (nSPS) is 10.8. The van der Waals surface area contributed by atoms with E-state index in [2.05, 4.69) is 0 Å². The van der Waals surface area contributed by atoms with Crippen LogP contribution in [0.25, 0.3) is 27.8 Å². The molecule has 0 aliphatic carbocycles. The number of carboxylic acids is 1. The fraction of sp³-hybridized carbons (Fsp3) is 0.0571. The first-order valence-electron chi connectivity index (χ1n) is 13.3. The molecule has 0 spiro atoms. The van der Waals surface area contributed by atoms with Gasteiger partial charge in [-0.05, 0) is 93.6 Å². The van der Waals surface area contributed by atoms with Gasteiger partial charge in [0.05, 0.1) is 5.02 Å². The molecule has 0 saturated heterocycles. The van der Waals surface area contributed by atoms with Gasteiger partial charge in [0.15, 0.2) is 6.61 Å². The van der Waals surface area contributed by atoms with Gasteiger partial charge in [-0.1, -0.05) is 107 Å². The summed E-state index contributed by atoms with van der Waals surface area (Å²) in [6.45, 7) is -0.253. The van der Waals surface area contributed by atoms with Crippen LogP contribution in [-0.2, 0) is 4.79 Å². The first kappa shape index (κ1) is 31.8. The predicted molar refractivity (Wildman–Crippen MR) is 181 cm³/mol. The molecule has 0 aliphatic rings. The van der Waals surface area contributed by atoms with E-state index in [0.29, 0.717) is 25.8 Å². The van der Waals surface area contributed by atoms with Crippen molar-refractivity contribution in [2.75, 3.05) is 13.2 Å². The van der Waals surface area contributed by atoms with Gasteiger partial charge in [-0.3, -0.25) is 0 Å². The van der Waals surface area contributed by atoms with Crippen LogP contribution in [0.15, 0.2) is 109 Å². The molecule has 5 aromatic carbocycles. The maximum Gasteiger partial charge on any atom is 0.341 e. The Bertz CT molecular complexity index is 1700. The molecule has 0 aliphatic heterocycles. The number of aliphatic carboxylic acids is 1. The van der Waals surface area contributed by atoms with Gasteiger partial charge in [-0.25, -0.2) is 4.79 Å². The minimum atomic E-state index is -1.09. The molecule has 9 heteroatoms. The second-order valence-corrected chi connectivity index (χ2v) is 11.8. The highest BCUT2D eigenvalue weighted by molar-refractivity contribution is 6.35. The third-order valence-corrected chi connectivity index (χ3v) is 7.74. The molecule has 4 nitrogen and oxygen atoms in total. The Balaban J connectivity index is 1.43. The largest absolute Gasteiger partial charge is 0.489 e. The number of carbonyl (C=O) groups is 1. The van der Waals surface area contributed by atoms with Gasteiger partial charge < -0.3 is 14.6 Å². The third kappa shape index (κ3) is 8.29. The Kier molecular flexibility index (Phi) is 10.4. The number of benzene rings is 5. The van der Waals surface area contributed by atoms with E-state index in [1.54, 1.807) is 30.3 Å². The number of ether oxygens (including phenoxy) is 2. The van der Waals surface area contributed by atoms with Gasteiger partial charge in [0, 0.05) is 26.2 Å². The summed E-state index contributed by atoms with van der Waals surface area (Å²) in [6, 6.07) is 31.9. The first-order chi connectivity index (χ1) is 21.1. The smallest absolute Gasteiger partial charge is 0.341 e. The van der Waals surface area contributed by atoms with Crippen LogP contribution >= 0.6 is 58.0 Å². The minimum absolute atomic E-state index is 0.234. The molecule has 0 amide bonds. The predicted octanol–water partition coefficient (Wildman–Crippen LogP) is 11.3. The van der Waals surface area contributed by atoms with Crippen molar-refractivity contribution >= 4 is 69.5 Å². The van der Waals surface area contributed by atoms with Crippen LogP contribution in [0, 0.1) is 0 Å². The van der Waals surface area contributed by atoms with Crippen LogP contribution in [0.4, 0.5) is 0 Å². The minimum Gasteiger partial charge on any atom is -0.489 e. The van der Waals surface area contributed by atoms with Gasteiger partial charge in [-0.15, -0.1) is 0 Å². The molecule has 0 atom stereocenters. The van der Waals surface area contributed by atoms with E-state index >= 15 is 0 Å². The van der Waals surface area contributed by atoms with Crippen molar-refractivity contribution in [3.63, 3.8) is 0 Å². The van der Waals surface area contributed by atoms with E-state index in [-0.39, 0.29) is 17.4 Å². The van der Waals surface area contributed by atoms with Crippen molar-refractivity contribution in [2.45, 2.75) is 0 Å². The molecular weight excluding hydrogens is 662 g/mol. The van der Waals surface area contributed by atoms with Crippen molar-refractivity contribution in [3.05, 3.63) is 145 Å². The van der Waals surface area contributed by atoms with Crippen LogP contribution in [-0.4, -0.2) is 24.3 Å². The molecule has 5 rings (SSSR count). The van der Waals surface area contributed by atoms with Crippen molar-refractivity contribution < 1.29 is 19.4 Å². The monoisotopic (exact) mass is 682 g/mol. The zero-order valence-corrected chi connectivity index (χ0v) is 26.6. The van der Waals surface area contributed by atoms with Crippen LogP contribution in [0.5, 0.6) is 11.5 Å². The summed E-state index contributed by atoms with van der Waals surface area (Å²) >= 11 is 31.2. The zero-order valence-electron chi connectivity index (χ0n) is 22.9. The quantitative estimate of drug-likeness (QED) is 0.159. The molecule has 0 saturated carbocycles. The maximum absolute atomic E-state index is 10.8. The fourth-order valence-corrected chi connectivity index (χ4v) is 5.85. The Hall–Kier alpha value is -3.64. The molecule has 222 valence electrons. The zero-order chi connectivity index (χ0) is 31.2. The van der Waals surface area contributed by atoms with E-state index in [0.717, 1.165) is 39.0 Å². The Morgan fingerprint density at radius 2 is 1.07 bits per heavy atom. The summed E-state index contributed by atoms with van der Waals surface area (Å²) in [4.78, 5) is 10.8. The SMILES string of the molecule is O=C(O)COc1ccc(OCC=C(c2ccc(-c3cc(Cl)cc(Cl)c3)cc2)c2ccc(-c3cc(Cl)cc(Cl)c3)cc2)cc1Cl. The highest BCUT2D eigenvalue weighted by atomic mass is 35.5. The number of carboxylic acid groups (broad SMARTS) is 1. The van der Waals surface area contributed by atoms with Crippen LogP contribution in [0.2, 0.25) is 25.1 Å². The van der Waals surface area contributed by atoms with Gasteiger partial charge >= 0.3 is 5.97 Å². The molecule has 0 unspecified atom stereocenters. The lowest BCUT2D eigenvalue weighted by Gasteiger charge is -2.13. The molecule has 1 N–H and O–H groups in total. The lowest BCUT2D eigenvalue weighted by atomic mass is 9.94. The number of rotatable bonds is 10. The summed E-state index contributed by atoms with van der Waals surface area (Å²) in [6.07, 6.45) is 1.99. The van der Waals surface area contributed by atoms with E-state index in [1.807, 2.05) is 78.9 Å². The van der Waals surface area contributed by atoms with Gasteiger partial charge in [-0.2, -0.15) is 0 Å². The van der Waals surface area contributed by atoms with Crippen molar-refractivity contribution in [1.29, 1.82) is 0 Å². The Labute approximate surface area is 279 Å². The molecule has 0 heterocycles. The maximum atomic E-state index is 10.8. The molecule has 0 bridgehead atoms. The summed E-state index contributed by atoms with van der Waals surface area (Å²) in [7, 11) is 0. The summed E-state index contributed by atoms with van der Waals surface area (Å²) in [5.41, 5.74) is 6.67. The number of hydrogen-bond donors (Lipinski definition) is 1. The summed E-state index contributed by atoms with van der Waals surface area (Å²) in [5.74, 6) is -0.317. The Morgan fingerprint density at radius 3 is 1.50 bits per heavy atom. The van der Waals surface area contributed by atoms with E-state index in [4.69, 9.17) is 72.6 Å². The molecule has 0 aromatic heterocycles. The lowest BCUT2D eigenvalue weighted by molar-refractivity contribution is -0.139. The van der Waals surface area contributed by atoms with Crippen molar-refractivity contribution in [2.24, 2.45) is 0 Å². The van der Waals surface area contributed by atoms with Crippen molar-refractivity contribution in [1.82, 2.24) is 0 Å². The molecule has 44 heavy (non-hydrogen) atoms. The van der Waals surface area contributed by atoms with Crippen LogP contribution < -0.4 is 9.47 Å². The van der Waals surface area contributed by atoms with Gasteiger partial charge in [0.1, 0.15) is 18.1 Å². The molecule has 0 radical (unpaired) electrons. The standard InChI is InChI=1S/C35H23Cl5O4/c36-27-13-25(14-28(37)17-27)21-1-5-23(6-2-21)32(11-12-43-31-9-10-34(33(40)19-31)44-20-35(41)42)24-7-3-22(4-8-24)26-15-29(38)18-30(39)16-26/h1-11,13-19H,12,20H2,(H,41,42). The average molecular weight is 685 g/mol. The topological polar surface area (TPSA) is 55.8 Å². The molecule has 5 aromatic rings. The number of halogens is 5. The van der Waals surface area contributed by atoms with Crippen LogP contribution in [0.1, 0.15) is 11.1 Å². The van der Waals surface area contributed by atoms with Crippen LogP contribution in [0.3, 0.4) is 0 Å². The summed E-state index contributed by atoms with van der Waals surface area (Å²) < 4.78 is 11.2. The lowest BCUT2D eigenvalue weighted by Crippen LogP contribution is -2.09. The second kappa shape index (κ2) is 14.4. The summed E-state index contributed by atoms with van der Waals surface area (Å²) in [5, 5.41) is 11.4. The van der Waals surface area contributed by atoms with Crippen molar-refractivity contribution in [3.8, 4) is 33.8 Å². The Morgan fingerprint density at radius 1 is 0.591 bits per heavy atom. The van der Waals surface area contributed by atoms with E-state index < -0.39 is 12.6 Å². The highest BCUT2D eigenvalue weighted by Gasteiger charge is 2.10. The van der Waals surface area contributed by atoms with Gasteiger partial charge in [0.2, 0.25) is 0 Å². The van der Waals surface area contributed by atoms with Gasteiger partial charge in [0.25, 0.3) is 0 Å². The fourth-order valence-electron chi connectivity index (χ4n) is 4.58. The molecular formula is C35H23Cl5O4. The first-order valence-corrected chi connectivity index (χ1v) is 15.1. The van der Waals surface area contributed by atoms with E-state index in [1.165, 1.54) is 0 Å². The third-order valence-electron chi connectivity index (χ3n) is 6.58. The average Bonchev–Trinajstić information content (AvgIpc) is 2.98. The van der Waals surface area contributed by atoms with E-state index in [9.17, 15) is 4.79 Å². The second-order valence-electron chi connectivity index (χ2n) is 9.67. The highest BCUT2D eigenvalue weighted by Crippen LogP contribution is 2.33.